The van der Waals surface area contributed by atoms with Crippen molar-refractivity contribution in [1.29, 1.82) is 0 Å². The zero-order chi connectivity index (χ0) is 19.3. The molecule has 0 radical (unpaired) electrons. The highest BCUT2D eigenvalue weighted by molar-refractivity contribution is 6.31. The first-order chi connectivity index (χ1) is 13.7. The third-order valence-electron chi connectivity index (χ3n) is 4.15. The number of fused-ring (bicyclic) bond motifs is 1. The van der Waals surface area contributed by atoms with Gasteiger partial charge in [0.15, 0.2) is 23.1 Å². The van der Waals surface area contributed by atoms with Gasteiger partial charge in [0.05, 0.1) is 5.02 Å². The molecule has 1 aliphatic rings. The van der Waals surface area contributed by atoms with Gasteiger partial charge in [-0.3, -0.25) is 0 Å². The van der Waals surface area contributed by atoms with Crippen LogP contribution in [0.5, 0.6) is 17.2 Å². The molecule has 1 aromatic heterocycles. The molecule has 142 valence electrons. The lowest BCUT2D eigenvalue weighted by molar-refractivity contribution is 0.174. The maximum atomic E-state index is 6.31. The molecule has 2 N–H and O–H groups in total. The van der Waals surface area contributed by atoms with E-state index in [4.69, 9.17) is 31.5 Å². The number of hydrogen-bond acceptors (Lipinski definition) is 5. The molecule has 0 atom stereocenters. The SMILES string of the molecule is NC(Cc1ccccc1)=Nc1ncccc1OCc1cc2c(cc1Cl)OCO2. The zero-order valence-electron chi connectivity index (χ0n) is 15.0. The fourth-order valence-electron chi connectivity index (χ4n) is 2.78. The fourth-order valence-corrected chi connectivity index (χ4v) is 2.99. The molecule has 0 saturated heterocycles. The number of amidine groups is 1. The van der Waals surface area contributed by atoms with Crippen molar-refractivity contribution >= 4 is 23.3 Å². The molecule has 0 unspecified atom stereocenters. The lowest BCUT2D eigenvalue weighted by Gasteiger charge is -2.10. The largest absolute Gasteiger partial charge is 0.485 e. The van der Waals surface area contributed by atoms with Crippen LogP contribution >= 0.6 is 11.6 Å². The summed E-state index contributed by atoms with van der Waals surface area (Å²) in [6.07, 6.45) is 2.18. The predicted molar refractivity (Wildman–Crippen MR) is 108 cm³/mol. The molecule has 7 heteroatoms. The van der Waals surface area contributed by atoms with E-state index in [0.717, 1.165) is 11.1 Å². The average Bonchev–Trinajstić information content (AvgIpc) is 3.15. The number of ether oxygens (including phenoxy) is 3. The lowest BCUT2D eigenvalue weighted by Crippen LogP contribution is -2.14. The van der Waals surface area contributed by atoms with Crippen molar-refractivity contribution in [2.45, 2.75) is 13.0 Å². The number of nitrogens with two attached hydrogens (primary N) is 1. The summed E-state index contributed by atoms with van der Waals surface area (Å²) in [5.74, 6) is 2.68. The van der Waals surface area contributed by atoms with Crippen LogP contribution < -0.4 is 19.9 Å². The molecule has 0 aliphatic carbocycles. The summed E-state index contributed by atoms with van der Waals surface area (Å²) in [5, 5.41) is 0.543. The van der Waals surface area contributed by atoms with E-state index >= 15 is 0 Å². The second kappa shape index (κ2) is 8.19. The molecular formula is C21H18ClN3O3. The van der Waals surface area contributed by atoms with E-state index in [1.54, 1.807) is 24.4 Å². The average molecular weight is 396 g/mol. The van der Waals surface area contributed by atoms with Gasteiger partial charge in [-0.05, 0) is 23.8 Å². The van der Waals surface area contributed by atoms with Crippen LogP contribution in [-0.4, -0.2) is 17.6 Å². The number of hydrogen-bond donors (Lipinski definition) is 1. The first-order valence-electron chi connectivity index (χ1n) is 8.72. The molecule has 2 aromatic carbocycles. The molecule has 6 nitrogen and oxygen atoms in total. The second-order valence-corrected chi connectivity index (χ2v) is 6.58. The van der Waals surface area contributed by atoms with Crippen molar-refractivity contribution in [3.05, 3.63) is 76.9 Å². The minimum atomic E-state index is 0.193. The third kappa shape index (κ3) is 4.18. The monoisotopic (exact) mass is 395 g/mol. The van der Waals surface area contributed by atoms with Gasteiger partial charge in [0.25, 0.3) is 0 Å². The lowest BCUT2D eigenvalue weighted by atomic mass is 10.1. The van der Waals surface area contributed by atoms with Gasteiger partial charge >= 0.3 is 0 Å². The first kappa shape index (κ1) is 18.1. The van der Waals surface area contributed by atoms with E-state index in [0.29, 0.717) is 40.3 Å². The molecule has 0 bridgehead atoms. The minimum Gasteiger partial charge on any atom is -0.485 e. The van der Waals surface area contributed by atoms with Crippen LogP contribution in [-0.2, 0) is 13.0 Å². The van der Waals surface area contributed by atoms with Crippen LogP contribution in [0.15, 0.2) is 65.8 Å². The van der Waals surface area contributed by atoms with Crippen molar-refractivity contribution < 1.29 is 14.2 Å². The number of pyridine rings is 1. The van der Waals surface area contributed by atoms with Crippen molar-refractivity contribution in [3.63, 3.8) is 0 Å². The van der Waals surface area contributed by atoms with Gasteiger partial charge in [0.1, 0.15) is 12.4 Å². The van der Waals surface area contributed by atoms with E-state index in [1.165, 1.54) is 0 Å². The van der Waals surface area contributed by atoms with Gasteiger partial charge in [-0.1, -0.05) is 41.9 Å². The van der Waals surface area contributed by atoms with Crippen molar-refractivity contribution in [1.82, 2.24) is 4.98 Å². The van der Waals surface area contributed by atoms with Crippen LogP contribution in [0.3, 0.4) is 0 Å². The van der Waals surface area contributed by atoms with Gasteiger partial charge in [0.2, 0.25) is 6.79 Å². The Balaban J connectivity index is 1.50. The molecule has 4 rings (SSSR count). The van der Waals surface area contributed by atoms with E-state index in [2.05, 4.69) is 9.98 Å². The highest BCUT2D eigenvalue weighted by Crippen LogP contribution is 2.37. The topological polar surface area (TPSA) is 79.0 Å². The number of rotatable bonds is 6. The maximum absolute atomic E-state index is 6.31. The summed E-state index contributed by atoms with van der Waals surface area (Å²) in [7, 11) is 0. The Morgan fingerprint density at radius 3 is 2.71 bits per heavy atom. The standard InChI is InChI=1S/C21H18ClN3O3/c22-16-11-19-18(27-13-28-19)10-15(16)12-26-17-7-4-8-24-21(17)25-20(23)9-14-5-2-1-3-6-14/h1-8,10-11H,9,12-13H2,(H2,23,24,25). The molecular weight excluding hydrogens is 378 g/mol. The van der Waals surface area contributed by atoms with Crippen LogP contribution in [0.25, 0.3) is 0 Å². The number of halogens is 1. The Morgan fingerprint density at radius 2 is 1.89 bits per heavy atom. The molecule has 0 saturated carbocycles. The molecule has 28 heavy (non-hydrogen) atoms. The van der Waals surface area contributed by atoms with E-state index in [9.17, 15) is 0 Å². The molecule has 3 aromatic rings. The predicted octanol–water partition coefficient (Wildman–Crippen LogP) is 4.27. The summed E-state index contributed by atoms with van der Waals surface area (Å²) in [4.78, 5) is 8.71. The Bertz CT molecular complexity index is 1010. The molecule has 0 spiro atoms. The fraction of sp³-hybridized carbons (Fsp3) is 0.143. The summed E-state index contributed by atoms with van der Waals surface area (Å²) in [5.41, 5.74) is 7.96. The summed E-state index contributed by atoms with van der Waals surface area (Å²) < 4.78 is 16.6. The molecule has 1 aliphatic heterocycles. The number of aliphatic imine (C=N–C) groups is 1. The maximum Gasteiger partial charge on any atom is 0.231 e. The second-order valence-electron chi connectivity index (χ2n) is 6.18. The van der Waals surface area contributed by atoms with Crippen LogP contribution in [0.1, 0.15) is 11.1 Å². The van der Waals surface area contributed by atoms with Gasteiger partial charge in [-0.15, -0.1) is 0 Å². The third-order valence-corrected chi connectivity index (χ3v) is 4.51. The van der Waals surface area contributed by atoms with Gasteiger partial charge in [0, 0.05) is 24.2 Å². The Morgan fingerprint density at radius 1 is 1.11 bits per heavy atom. The zero-order valence-corrected chi connectivity index (χ0v) is 15.7. The molecule has 0 fully saturated rings. The van der Waals surface area contributed by atoms with Gasteiger partial charge in [-0.2, -0.15) is 0 Å². The quantitative estimate of drug-likeness (QED) is 0.498. The number of nitrogens with zero attached hydrogens (tertiary/aromatic N) is 2. The molecule has 0 amide bonds. The van der Waals surface area contributed by atoms with Crippen molar-refractivity contribution in [2.24, 2.45) is 10.7 Å². The van der Waals surface area contributed by atoms with Gasteiger partial charge in [-0.25, -0.2) is 9.98 Å². The Labute approximate surface area is 167 Å². The van der Waals surface area contributed by atoms with Crippen LogP contribution in [0.4, 0.5) is 5.82 Å². The highest BCUT2D eigenvalue weighted by Gasteiger charge is 2.17. The summed E-state index contributed by atoms with van der Waals surface area (Å²) in [6.45, 7) is 0.431. The normalized spacial score (nSPS) is 12.8. The highest BCUT2D eigenvalue weighted by atomic mass is 35.5. The van der Waals surface area contributed by atoms with E-state index < -0.39 is 0 Å². The van der Waals surface area contributed by atoms with Crippen LogP contribution in [0, 0.1) is 0 Å². The number of benzene rings is 2. The van der Waals surface area contributed by atoms with Crippen molar-refractivity contribution in [2.75, 3.05) is 6.79 Å². The van der Waals surface area contributed by atoms with E-state index in [1.807, 2.05) is 36.4 Å². The minimum absolute atomic E-state index is 0.193. The van der Waals surface area contributed by atoms with E-state index in [-0.39, 0.29) is 13.4 Å². The van der Waals surface area contributed by atoms with Gasteiger partial charge < -0.3 is 19.9 Å². The summed E-state index contributed by atoms with van der Waals surface area (Å²) >= 11 is 6.31. The van der Waals surface area contributed by atoms with Crippen LogP contribution in [0.2, 0.25) is 5.02 Å². The number of aromatic nitrogens is 1. The van der Waals surface area contributed by atoms with Crippen molar-refractivity contribution in [3.8, 4) is 17.2 Å². The first-order valence-corrected chi connectivity index (χ1v) is 9.09. The smallest absolute Gasteiger partial charge is 0.231 e. The summed E-state index contributed by atoms with van der Waals surface area (Å²) in [6, 6.07) is 17.0. The Kier molecular flexibility index (Phi) is 5.30. The molecule has 2 heterocycles. The Hall–Kier alpha value is -3.25.